The van der Waals surface area contributed by atoms with Crippen molar-refractivity contribution in [1.29, 1.82) is 0 Å². The van der Waals surface area contributed by atoms with Crippen LogP contribution in [0.1, 0.15) is 50.0 Å². The molecule has 0 atom stereocenters. The average molecular weight is 267 g/mol. The van der Waals surface area contributed by atoms with Crippen molar-refractivity contribution < 1.29 is 19.4 Å². The number of nitrogens with zero attached hydrogens (tertiary/aromatic N) is 1. The van der Waals surface area contributed by atoms with E-state index in [1.54, 1.807) is 6.07 Å². The maximum Gasteiger partial charge on any atom is 0.358 e. The summed E-state index contributed by atoms with van der Waals surface area (Å²) in [7, 11) is 0. The van der Waals surface area contributed by atoms with Crippen LogP contribution in [-0.4, -0.2) is 29.3 Å². The highest BCUT2D eigenvalue weighted by Gasteiger charge is 2.18. The summed E-state index contributed by atoms with van der Waals surface area (Å²) in [6.45, 7) is 5.12. The zero-order valence-electron chi connectivity index (χ0n) is 11.5. The molecule has 0 amide bonds. The van der Waals surface area contributed by atoms with E-state index in [4.69, 9.17) is 14.6 Å². The van der Waals surface area contributed by atoms with Crippen LogP contribution in [0, 0.1) is 0 Å². The van der Waals surface area contributed by atoms with Crippen molar-refractivity contribution in [2.45, 2.75) is 39.5 Å². The lowest BCUT2D eigenvalue weighted by Gasteiger charge is -2.13. The monoisotopic (exact) mass is 267 g/mol. The van der Waals surface area contributed by atoms with E-state index < -0.39 is 5.97 Å². The first kappa shape index (κ1) is 15.3. The van der Waals surface area contributed by atoms with Gasteiger partial charge in [0, 0.05) is 12.3 Å². The van der Waals surface area contributed by atoms with Gasteiger partial charge in [-0.25, -0.2) is 9.78 Å². The molecule has 1 N–H and O–H groups in total. The molecule has 1 rings (SSSR count). The van der Waals surface area contributed by atoms with Gasteiger partial charge in [0.2, 0.25) is 0 Å². The second kappa shape index (κ2) is 8.34. The van der Waals surface area contributed by atoms with Crippen LogP contribution in [0.25, 0.3) is 0 Å². The molecule has 0 aromatic carbocycles. The number of carboxylic acid groups (broad SMARTS) is 1. The van der Waals surface area contributed by atoms with Crippen molar-refractivity contribution in [2.75, 3.05) is 13.2 Å². The Labute approximate surface area is 113 Å². The third kappa shape index (κ3) is 4.77. The molecule has 106 valence electrons. The molecular formula is C14H21NO4. The summed E-state index contributed by atoms with van der Waals surface area (Å²) in [5, 5.41) is 9.12. The van der Waals surface area contributed by atoms with E-state index in [1.807, 2.05) is 6.92 Å². The molecule has 0 saturated carbocycles. The molecule has 1 aromatic heterocycles. The first-order valence-corrected chi connectivity index (χ1v) is 6.68. The zero-order valence-corrected chi connectivity index (χ0v) is 11.5. The van der Waals surface area contributed by atoms with E-state index in [9.17, 15) is 4.79 Å². The third-order valence-electron chi connectivity index (χ3n) is 2.57. The van der Waals surface area contributed by atoms with Gasteiger partial charge in [0.1, 0.15) is 0 Å². The van der Waals surface area contributed by atoms with Gasteiger partial charge < -0.3 is 14.6 Å². The Morgan fingerprint density at radius 1 is 1.21 bits per heavy atom. The van der Waals surface area contributed by atoms with Crippen molar-refractivity contribution in [2.24, 2.45) is 0 Å². The molecule has 19 heavy (non-hydrogen) atoms. The third-order valence-corrected chi connectivity index (χ3v) is 2.57. The zero-order chi connectivity index (χ0) is 14.1. The highest BCUT2D eigenvalue weighted by molar-refractivity contribution is 5.89. The molecule has 5 nitrogen and oxygen atoms in total. The molecule has 1 aromatic rings. The molecule has 0 spiro atoms. The smallest absolute Gasteiger partial charge is 0.358 e. The summed E-state index contributed by atoms with van der Waals surface area (Å²) < 4.78 is 11.1. The van der Waals surface area contributed by atoms with Crippen molar-refractivity contribution in [3.8, 4) is 11.5 Å². The van der Waals surface area contributed by atoms with Crippen LogP contribution in [0.3, 0.4) is 0 Å². The Morgan fingerprint density at radius 2 is 1.84 bits per heavy atom. The fourth-order valence-electron chi connectivity index (χ4n) is 1.48. The van der Waals surface area contributed by atoms with Crippen molar-refractivity contribution in [1.82, 2.24) is 4.98 Å². The van der Waals surface area contributed by atoms with Crippen LogP contribution in [-0.2, 0) is 0 Å². The van der Waals surface area contributed by atoms with Gasteiger partial charge in [0.15, 0.2) is 17.2 Å². The summed E-state index contributed by atoms with van der Waals surface area (Å²) >= 11 is 0. The maximum absolute atomic E-state index is 11.1. The molecule has 0 radical (unpaired) electrons. The average Bonchev–Trinajstić information content (AvgIpc) is 2.40. The topological polar surface area (TPSA) is 68.7 Å². The Kier molecular flexibility index (Phi) is 6.71. The van der Waals surface area contributed by atoms with E-state index in [2.05, 4.69) is 11.9 Å². The van der Waals surface area contributed by atoms with Gasteiger partial charge in [-0.2, -0.15) is 0 Å². The van der Waals surface area contributed by atoms with E-state index in [0.717, 1.165) is 25.7 Å². The Bertz CT molecular complexity index is 406. The van der Waals surface area contributed by atoms with Gasteiger partial charge in [-0.1, -0.05) is 26.7 Å². The van der Waals surface area contributed by atoms with Crippen molar-refractivity contribution in [3.05, 3.63) is 18.0 Å². The summed E-state index contributed by atoms with van der Waals surface area (Å²) in [6.07, 6.45) is 5.20. The molecule has 0 saturated heterocycles. The number of unbranched alkanes of at least 4 members (excludes halogenated alkanes) is 2. The predicted octanol–water partition coefficient (Wildman–Crippen LogP) is 3.14. The number of hydrogen-bond donors (Lipinski definition) is 1. The van der Waals surface area contributed by atoms with Gasteiger partial charge in [0.05, 0.1) is 13.2 Å². The van der Waals surface area contributed by atoms with Gasteiger partial charge >= 0.3 is 5.97 Å². The summed E-state index contributed by atoms with van der Waals surface area (Å²) in [4.78, 5) is 15.0. The summed E-state index contributed by atoms with van der Waals surface area (Å²) in [5.41, 5.74) is -0.0925. The lowest BCUT2D eigenvalue weighted by molar-refractivity contribution is 0.0684. The minimum atomic E-state index is -1.10. The second-order valence-electron chi connectivity index (χ2n) is 4.20. The fourth-order valence-corrected chi connectivity index (χ4v) is 1.48. The number of aromatic carboxylic acids is 1. The molecule has 0 unspecified atom stereocenters. The summed E-state index contributed by atoms with van der Waals surface area (Å²) in [5.74, 6) is -0.413. The van der Waals surface area contributed by atoms with Crippen LogP contribution < -0.4 is 9.47 Å². The number of carboxylic acids is 1. The molecular weight excluding hydrogens is 246 g/mol. The number of ether oxygens (including phenoxy) is 2. The molecule has 0 aliphatic heterocycles. The van der Waals surface area contributed by atoms with Crippen LogP contribution in [0.4, 0.5) is 0 Å². The number of carbonyl (C=O) groups is 1. The van der Waals surface area contributed by atoms with Gasteiger partial charge in [-0.05, 0) is 12.8 Å². The predicted molar refractivity (Wildman–Crippen MR) is 72.0 cm³/mol. The Morgan fingerprint density at radius 3 is 2.42 bits per heavy atom. The minimum Gasteiger partial charge on any atom is -0.490 e. The normalized spacial score (nSPS) is 10.2. The number of aromatic nitrogens is 1. The fraction of sp³-hybridized carbons (Fsp3) is 0.571. The van der Waals surface area contributed by atoms with E-state index >= 15 is 0 Å². The number of pyridine rings is 1. The first-order valence-electron chi connectivity index (χ1n) is 6.68. The molecule has 0 aliphatic rings. The Balaban J connectivity index is 2.86. The largest absolute Gasteiger partial charge is 0.490 e. The maximum atomic E-state index is 11.1. The van der Waals surface area contributed by atoms with Crippen LogP contribution in [0.15, 0.2) is 12.3 Å². The van der Waals surface area contributed by atoms with Crippen LogP contribution in [0.5, 0.6) is 11.5 Å². The van der Waals surface area contributed by atoms with Gasteiger partial charge in [0.25, 0.3) is 0 Å². The molecule has 5 heteroatoms. The number of rotatable bonds is 9. The van der Waals surface area contributed by atoms with Gasteiger partial charge in [-0.15, -0.1) is 0 Å². The van der Waals surface area contributed by atoms with Gasteiger partial charge in [-0.3, -0.25) is 0 Å². The summed E-state index contributed by atoms with van der Waals surface area (Å²) in [6, 6.07) is 1.64. The molecule has 0 fully saturated rings. The van der Waals surface area contributed by atoms with E-state index in [-0.39, 0.29) is 11.4 Å². The lowest BCUT2D eigenvalue weighted by Crippen LogP contribution is -2.09. The number of hydrogen-bond acceptors (Lipinski definition) is 4. The lowest BCUT2D eigenvalue weighted by atomic mass is 10.3. The van der Waals surface area contributed by atoms with Crippen LogP contribution >= 0.6 is 0 Å². The van der Waals surface area contributed by atoms with Crippen molar-refractivity contribution in [3.63, 3.8) is 0 Å². The SMILES string of the molecule is CCCCOc1ccnc(C(=O)O)c1OCCCC. The quantitative estimate of drug-likeness (QED) is 0.696. The first-order chi connectivity index (χ1) is 9.20. The highest BCUT2D eigenvalue weighted by atomic mass is 16.5. The van der Waals surface area contributed by atoms with Crippen LogP contribution in [0.2, 0.25) is 0 Å². The van der Waals surface area contributed by atoms with E-state index in [0.29, 0.717) is 19.0 Å². The second-order valence-corrected chi connectivity index (χ2v) is 4.20. The molecule has 0 aliphatic carbocycles. The standard InChI is InChI=1S/C14H21NO4/c1-3-5-9-18-11-7-8-15-12(14(16)17)13(11)19-10-6-4-2/h7-8H,3-6,9-10H2,1-2H3,(H,16,17). The highest BCUT2D eigenvalue weighted by Crippen LogP contribution is 2.30. The Hall–Kier alpha value is -1.78. The molecule has 0 bridgehead atoms. The molecule has 1 heterocycles. The minimum absolute atomic E-state index is 0.0925. The van der Waals surface area contributed by atoms with Crippen molar-refractivity contribution >= 4 is 5.97 Å². The van der Waals surface area contributed by atoms with E-state index in [1.165, 1.54) is 6.20 Å².